The van der Waals surface area contributed by atoms with Crippen molar-refractivity contribution in [2.24, 2.45) is 0 Å². The number of aromatic carboxylic acids is 1. The molecule has 106 valence electrons. The van der Waals surface area contributed by atoms with E-state index in [0.29, 0.717) is 0 Å². The summed E-state index contributed by atoms with van der Waals surface area (Å²) in [7, 11) is -2.81. The number of benzene rings is 1. The molecule has 9 heteroatoms. The molecule has 0 unspecified atom stereocenters. The first-order valence-corrected chi connectivity index (χ1v) is 6.82. The average molecular weight is 297 g/mol. The lowest BCUT2D eigenvalue weighted by Gasteiger charge is -2.18. The number of sulfonamides is 1. The first-order valence-electron chi connectivity index (χ1n) is 5.38. The average Bonchev–Trinajstić information content (AvgIpc) is 2.89. The lowest BCUT2D eigenvalue weighted by Crippen LogP contribution is -2.28. The molecule has 0 saturated carbocycles. The number of nitrogens with zero attached hydrogens (tertiary/aromatic N) is 2. The Balaban J connectivity index is 2.47. The number of nitrogens with one attached hydrogen (secondary N) is 1. The van der Waals surface area contributed by atoms with Crippen LogP contribution in [0.15, 0.2) is 35.5 Å². The number of carboxylic acids is 1. The number of phenols is 1. The molecule has 0 saturated heterocycles. The zero-order chi connectivity index (χ0) is 14.9. The molecule has 20 heavy (non-hydrogen) atoms. The summed E-state index contributed by atoms with van der Waals surface area (Å²) in [5.74, 6) is -1.40. The van der Waals surface area contributed by atoms with E-state index in [2.05, 4.69) is 10.2 Å². The van der Waals surface area contributed by atoms with Gasteiger partial charge in [0.05, 0.1) is 11.9 Å². The molecular weight excluding hydrogens is 286 g/mol. The van der Waals surface area contributed by atoms with E-state index in [0.717, 1.165) is 10.5 Å². The van der Waals surface area contributed by atoms with Gasteiger partial charge in [-0.25, -0.2) is 4.79 Å². The Bertz CT molecular complexity index is 736. The second kappa shape index (κ2) is 4.85. The Hall–Kier alpha value is -2.55. The molecule has 2 aromatic rings. The second-order valence-electron chi connectivity index (χ2n) is 3.91. The van der Waals surface area contributed by atoms with Gasteiger partial charge in [0.1, 0.15) is 11.3 Å². The molecule has 0 aliphatic carbocycles. The summed E-state index contributed by atoms with van der Waals surface area (Å²) >= 11 is 0. The van der Waals surface area contributed by atoms with Gasteiger partial charge in [0.15, 0.2) is 5.03 Å². The summed E-state index contributed by atoms with van der Waals surface area (Å²) in [6.07, 6.45) is 0.930. The van der Waals surface area contributed by atoms with Gasteiger partial charge in [0, 0.05) is 7.05 Å². The second-order valence-corrected chi connectivity index (χ2v) is 5.81. The Morgan fingerprint density at radius 2 is 1.90 bits per heavy atom. The van der Waals surface area contributed by atoms with E-state index in [9.17, 15) is 18.3 Å². The van der Waals surface area contributed by atoms with E-state index in [1.165, 1.54) is 31.3 Å². The largest absolute Gasteiger partial charge is 0.508 e. The summed E-state index contributed by atoms with van der Waals surface area (Å²) < 4.78 is 25.6. The fourth-order valence-electron chi connectivity index (χ4n) is 1.56. The van der Waals surface area contributed by atoms with Crippen LogP contribution in [0.3, 0.4) is 0 Å². The molecule has 0 radical (unpaired) electrons. The molecule has 3 N–H and O–H groups in total. The van der Waals surface area contributed by atoms with E-state index in [1.807, 2.05) is 0 Å². The number of H-pyrrole nitrogens is 1. The predicted octanol–water partition coefficient (Wildman–Crippen LogP) is 0.639. The van der Waals surface area contributed by atoms with Gasteiger partial charge < -0.3 is 10.2 Å². The monoisotopic (exact) mass is 297 g/mol. The summed E-state index contributed by atoms with van der Waals surface area (Å²) in [4.78, 5) is 11.0. The Labute approximate surface area is 114 Å². The molecule has 0 aliphatic rings. The number of phenolic OH excluding ortho intramolecular Hbond substituents is 1. The van der Waals surface area contributed by atoms with Crippen molar-refractivity contribution in [1.29, 1.82) is 0 Å². The van der Waals surface area contributed by atoms with Crippen LogP contribution in [0.1, 0.15) is 10.4 Å². The van der Waals surface area contributed by atoms with Crippen LogP contribution in [0, 0.1) is 0 Å². The van der Waals surface area contributed by atoms with E-state index in [4.69, 9.17) is 5.11 Å². The van der Waals surface area contributed by atoms with Gasteiger partial charge in [-0.05, 0) is 24.3 Å². The van der Waals surface area contributed by atoms with Crippen molar-refractivity contribution in [3.63, 3.8) is 0 Å². The van der Waals surface area contributed by atoms with Crippen molar-refractivity contribution in [1.82, 2.24) is 10.2 Å². The Kier molecular flexibility index (Phi) is 3.36. The van der Waals surface area contributed by atoms with Crippen LogP contribution in [0.4, 0.5) is 5.69 Å². The van der Waals surface area contributed by atoms with Crippen molar-refractivity contribution in [3.05, 3.63) is 36.0 Å². The normalized spacial score (nSPS) is 11.2. The number of hydrogen-bond acceptors (Lipinski definition) is 5. The highest BCUT2D eigenvalue weighted by Gasteiger charge is 2.29. The van der Waals surface area contributed by atoms with Crippen LogP contribution >= 0.6 is 0 Å². The third-order valence-electron chi connectivity index (χ3n) is 2.67. The summed E-state index contributed by atoms with van der Waals surface area (Å²) in [6, 6.07) is 5.44. The van der Waals surface area contributed by atoms with Crippen LogP contribution in [0.25, 0.3) is 0 Å². The van der Waals surface area contributed by atoms with E-state index >= 15 is 0 Å². The van der Waals surface area contributed by atoms with Crippen LogP contribution in [0.2, 0.25) is 0 Å². The maximum atomic E-state index is 12.3. The number of anilines is 1. The maximum Gasteiger partial charge on any atom is 0.340 e. The molecule has 0 bridgehead atoms. The van der Waals surface area contributed by atoms with Crippen molar-refractivity contribution in [2.75, 3.05) is 11.4 Å². The first-order chi connectivity index (χ1) is 9.34. The zero-order valence-electron chi connectivity index (χ0n) is 10.3. The minimum absolute atomic E-state index is 0.00712. The van der Waals surface area contributed by atoms with Gasteiger partial charge in [0.2, 0.25) is 0 Å². The quantitative estimate of drug-likeness (QED) is 0.760. The summed E-state index contributed by atoms with van der Waals surface area (Å²) in [5.41, 5.74) is -0.163. The number of aromatic amines is 1. The molecule has 0 fully saturated rings. The van der Waals surface area contributed by atoms with Gasteiger partial charge >= 0.3 is 5.97 Å². The minimum atomic E-state index is -4.08. The molecule has 1 aromatic carbocycles. The van der Waals surface area contributed by atoms with E-state index in [-0.39, 0.29) is 11.4 Å². The first kappa shape index (κ1) is 13.9. The molecule has 0 aliphatic heterocycles. The number of hydrogen-bond donors (Lipinski definition) is 3. The molecule has 0 atom stereocenters. The highest BCUT2D eigenvalue weighted by Crippen LogP contribution is 2.24. The van der Waals surface area contributed by atoms with Crippen molar-refractivity contribution in [3.8, 4) is 5.75 Å². The minimum Gasteiger partial charge on any atom is -0.508 e. The van der Waals surface area contributed by atoms with E-state index < -0.39 is 26.6 Å². The summed E-state index contributed by atoms with van der Waals surface area (Å²) in [5, 5.41) is 23.2. The number of aromatic hydroxyl groups is 1. The third kappa shape index (κ3) is 2.30. The SMILES string of the molecule is CN(c1ccc(O)cc1)S(=O)(=O)c1[nH]ncc1C(=O)O. The summed E-state index contributed by atoms with van der Waals surface area (Å²) in [6.45, 7) is 0. The highest BCUT2D eigenvalue weighted by molar-refractivity contribution is 7.92. The number of rotatable bonds is 4. The predicted molar refractivity (Wildman–Crippen MR) is 69.2 cm³/mol. The Morgan fingerprint density at radius 1 is 1.30 bits per heavy atom. The van der Waals surface area contributed by atoms with E-state index in [1.54, 1.807) is 0 Å². The van der Waals surface area contributed by atoms with Gasteiger partial charge in [-0.3, -0.25) is 9.40 Å². The van der Waals surface area contributed by atoms with Crippen molar-refractivity contribution >= 4 is 21.7 Å². The van der Waals surface area contributed by atoms with Crippen molar-refractivity contribution < 1.29 is 23.4 Å². The highest BCUT2D eigenvalue weighted by atomic mass is 32.2. The third-order valence-corrected chi connectivity index (χ3v) is 4.43. The lowest BCUT2D eigenvalue weighted by atomic mass is 10.3. The Morgan fingerprint density at radius 3 is 2.45 bits per heavy atom. The molecular formula is C11H11N3O5S. The van der Waals surface area contributed by atoms with Crippen LogP contribution < -0.4 is 4.31 Å². The lowest BCUT2D eigenvalue weighted by molar-refractivity contribution is 0.0692. The number of carboxylic acid groups (broad SMARTS) is 1. The fourth-order valence-corrected chi connectivity index (χ4v) is 2.82. The molecule has 0 amide bonds. The topological polar surface area (TPSA) is 124 Å². The van der Waals surface area contributed by atoms with Crippen LogP contribution in [-0.2, 0) is 10.0 Å². The molecule has 2 rings (SSSR count). The molecule has 1 heterocycles. The standard InChI is InChI=1S/C11H11N3O5S/c1-14(7-2-4-8(15)5-3-7)20(18,19)10-9(11(16)17)6-12-13-10/h2-6,15H,1H3,(H,12,13)(H,16,17). The number of carbonyl (C=O) groups is 1. The number of aromatic nitrogens is 2. The molecule has 8 nitrogen and oxygen atoms in total. The van der Waals surface area contributed by atoms with Crippen LogP contribution in [0.5, 0.6) is 5.75 Å². The van der Waals surface area contributed by atoms with Crippen molar-refractivity contribution in [2.45, 2.75) is 5.03 Å². The smallest absolute Gasteiger partial charge is 0.340 e. The van der Waals surface area contributed by atoms with Crippen LogP contribution in [-0.4, -0.2) is 41.8 Å². The fraction of sp³-hybridized carbons (Fsp3) is 0.0909. The van der Waals surface area contributed by atoms with Gasteiger partial charge in [-0.2, -0.15) is 13.5 Å². The zero-order valence-corrected chi connectivity index (χ0v) is 11.1. The van der Waals surface area contributed by atoms with Gasteiger partial charge in [-0.15, -0.1) is 0 Å². The maximum absolute atomic E-state index is 12.3. The van der Waals surface area contributed by atoms with Gasteiger partial charge in [-0.1, -0.05) is 0 Å². The molecule has 1 aromatic heterocycles. The molecule has 0 spiro atoms. The van der Waals surface area contributed by atoms with Gasteiger partial charge in [0.25, 0.3) is 10.0 Å².